The monoisotopic (exact) mass is 460 g/mol. The minimum absolute atomic E-state index is 0.403. The smallest absolute Gasteiger partial charge is 0.157 e. The van der Waals surface area contributed by atoms with Gasteiger partial charge < -0.3 is 61.0 Å². The van der Waals surface area contributed by atoms with Crippen molar-refractivity contribution in [2.75, 3.05) is 23.8 Å². The molecule has 1 aromatic rings. The fraction of sp³-hybridized carbons (Fsp3) is 0.700. The molecule has 2 fully saturated rings. The largest absolute Gasteiger partial charge is 0.394 e. The molecule has 3 rings (SSSR count). The predicted octanol–water partition coefficient (Wildman–Crippen LogP) is -3.27. The highest BCUT2D eigenvalue weighted by atomic mass is 16.6. The van der Waals surface area contributed by atoms with Crippen molar-refractivity contribution in [2.24, 2.45) is 0 Å². The van der Waals surface area contributed by atoms with E-state index in [0.717, 1.165) is 11.1 Å². The number of hydrogen-bond acceptors (Lipinski definition) is 12. The first kappa shape index (κ1) is 25.1. The van der Waals surface area contributed by atoms with Crippen LogP contribution in [-0.2, 0) is 9.47 Å². The predicted molar refractivity (Wildman–Crippen MR) is 111 cm³/mol. The Morgan fingerprint density at radius 3 is 1.38 bits per heavy atom. The molecule has 2 heterocycles. The topological polar surface area (TPSA) is 204 Å². The molecular formula is C20H32N2O10. The van der Waals surface area contributed by atoms with Crippen LogP contribution in [0.25, 0.3) is 0 Å². The average Bonchev–Trinajstić information content (AvgIpc) is 3.21. The van der Waals surface area contributed by atoms with Gasteiger partial charge >= 0.3 is 0 Å². The van der Waals surface area contributed by atoms with E-state index >= 15 is 0 Å². The van der Waals surface area contributed by atoms with Gasteiger partial charge in [0.1, 0.15) is 48.8 Å². The molecule has 0 bridgehead atoms. The number of ether oxygens (including phenoxy) is 2. The molecule has 0 saturated carbocycles. The van der Waals surface area contributed by atoms with Crippen molar-refractivity contribution in [1.29, 1.82) is 0 Å². The third-order valence-electron chi connectivity index (χ3n) is 5.96. The summed E-state index contributed by atoms with van der Waals surface area (Å²) in [6.45, 7) is 2.39. The second-order valence-electron chi connectivity index (χ2n) is 8.28. The lowest BCUT2D eigenvalue weighted by molar-refractivity contribution is -0.0776. The van der Waals surface area contributed by atoms with Gasteiger partial charge in [-0.3, -0.25) is 0 Å². The number of anilines is 2. The Morgan fingerprint density at radius 1 is 0.719 bits per heavy atom. The molecule has 2 saturated heterocycles. The molecule has 0 unspecified atom stereocenters. The fourth-order valence-electron chi connectivity index (χ4n) is 3.85. The number of aryl methyl sites for hydroxylation is 2. The van der Waals surface area contributed by atoms with Crippen molar-refractivity contribution < 1.29 is 50.3 Å². The van der Waals surface area contributed by atoms with E-state index in [4.69, 9.17) is 19.7 Å². The summed E-state index contributed by atoms with van der Waals surface area (Å²) in [5.41, 5.74) is 2.55. The minimum atomic E-state index is -1.44. The molecule has 2 aliphatic heterocycles. The van der Waals surface area contributed by atoms with Gasteiger partial charge in [-0.25, -0.2) is 0 Å². The molecule has 10 N–H and O–H groups in total. The van der Waals surface area contributed by atoms with Gasteiger partial charge in [-0.15, -0.1) is 0 Å². The van der Waals surface area contributed by atoms with E-state index in [1.807, 2.05) is 13.8 Å². The molecule has 0 aromatic heterocycles. The van der Waals surface area contributed by atoms with Gasteiger partial charge in [-0.05, 0) is 37.1 Å². The zero-order chi connectivity index (χ0) is 23.7. The third-order valence-corrected chi connectivity index (χ3v) is 5.96. The van der Waals surface area contributed by atoms with E-state index in [-0.39, 0.29) is 0 Å². The fourth-order valence-corrected chi connectivity index (χ4v) is 3.85. The van der Waals surface area contributed by atoms with Crippen LogP contribution < -0.4 is 10.6 Å². The quantitative estimate of drug-likeness (QED) is 0.186. The van der Waals surface area contributed by atoms with Gasteiger partial charge in [0.15, 0.2) is 12.5 Å². The molecule has 0 spiro atoms. The molecule has 0 aliphatic carbocycles. The van der Waals surface area contributed by atoms with Crippen molar-refractivity contribution in [2.45, 2.75) is 75.1 Å². The van der Waals surface area contributed by atoms with Crippen LogP contribution in [0.1, 0.15) is 11.1 Å². The lowest BCUT2D eigenvalue weighted by atomic mass is 10.0. The maximum atomic E-state index is 10.3. The number of rotatable bonds is 8. The number of nitrogens with one attached hydrogen (secondary N) is 2. The molecule has 12 nitrogen and oxygen atoms in total. The highest BCUT2D eigenvalue weighted by Crippen LogP contribution is 2.33. The van der Waals surface area contributed by atoms with Gasteiger partial charge in [0.2, 0.25) is 0 Å². The van der Waals surface area contributed by atoms with Crippen LogP contribution in [0.5, 0.6) is 0 Å². The normalized spacial score (nSPS) is 36.8. The molecule has 0 radical (unpaired) electrons. The number of hydrogen-bond donors (Lipinski definition) is 10. The molecular weight excluding hydrogens is 428 g/mol. The molecule has 2 aliphatic rings. The van der Waals surface area contributed by atoms with E-state index in [2.05, 4.69) is 10.6 Å². The standard InChI is InChI=1S/C20H32N2O10/c1-7-3-9(21-19-15(29)13(27)17(31-19)11(25)5-23)10(4-8(7)2)22-20-16(30)14(28)18(32-20)12(26)6-24/h3-4,11-30H,5-6H2,1-2H3/t11-,12+,13+,14-,15+,16-,17+,18-,19-,20-/m1/s1. The summed E-state index contributed by atoms with van der Waals surface area (Å²) in [6.07, 6.45) is -13.1. The molecule has 12 heteroatoms. The number of aliphatic hydroxyl groups excluding tert-OH is 8. The van der Waals surface area contributed by atoms with Crippen molar-refractivity contribution in [3.05, 3.63) is 23.3 Å². The first-order valence-corrected chi connectivity index (χ1v) is 10.3. The summed E-state index contributed by atoms with van der Waals surface area (Å²) in [7, 11) is 0. The lowest BCUT2D eigenvalue weighted by Gasteiger charge is -2.25. The molecule has 1 aromatic carbocycles. The lowest BCUT2D eigenvalue weighted by Crippen LogP contribution is -2.41. The van der Waals surface area contributed by atoms with Gasteiger partial charge in [0, 0.05) is 0 Å². The zero-order valence-corrected chi connectivity index (χ0v) is 17.7. The summed E-state index contributed by atoms with van der Waals surface area (Å²) in [5, 5.41) is 84.7. The summed E-state index contributed by atoms with van der Waals surface area (Å²) in [6, 6.07) is 3.46. The molecule has 182 valence electrons. The number of benzene rings is 1. The van der Waals surface area contributed by atoms with Crippen molar-refractivity contribution in [3.63, 3.8) is 0 Å². The highest BCUT2D eigenvalue weighted by Gasteiger charge is 2.47. The van der Waals surface area contributed by atoms with Gasteiger partial charge in [-0.2, -0.15) is 0 Å². The second kappa shape index (κ2) is 10.1. The van der Waals surface area contributed by atoms with E-state index in [1.165, 1.54) is 0 Å². The SMILES string of the molecule is Cc1cc(N[C@@H]2O[C@H]([C@@H](O)CO)[C@H](O)[C@H]2O)c(N[C@@H]2O[C@@H]([C@H](O)CO)[C@@H](O)[C@@H]2O)cc1C. The van der Waals surface area contributed by atoms with Crippen LogP contribution in [0.2, 0.25) is 0 Å². The average molecular weight is 460 g/mol. The summed E-state index contributed by atoms with van der Waals surface area (Å²) in [4.78, 5) is 0. The summed E-state index contributed by atoms with van der Waals surface area (Å²) < 4.78 is 11.0. The third kappa shape index (κ3) is 4.84. The Hall–Kier alpha value is -1.58. The van der Waals surface area contributed by atoms with Gasteiger partial charge in [-0.1, -0.05) is 0 Å². The summed E-state index contributed by atoms with van der Waals surface area (Å²) in [5.74, 6) is 0. The van der Waals surface area contributed by atoms with E-state index < -0.39 is 74.5 Å². The molecule has 10 atom stereocenters. The highest BCUT2D eigenvalue weighted by molar-refractivity contribution is 5.71. The van der Waals surface area contributed by atoms with E-state index in [0.29, 0.717) is 11.4 Å². The van der Waals surface area contributed by atoms with Gasteiger partial charge in [0.05, 0.1) is 24.6 Å². The zero-order valence-electron chi connectivity index (χ0n) is 17.7. The maximum Gasteiger partial charge on any atom is 0.157 e. The Labute approximate surface area is 184 Å². The number of aliphatic hydroxyl groups is 8. The van der Waals surface area contributed by atoms with E-state index in [1.54, 1.807) is 12.1 Å². The Kier molecular flexibility index (Phi) is 7.93. The van der Waals surface area contributed by atoms with Crippen LogP contribution in [0.15, 0.2) is 12.1 Å². The van der Waals surface area contributed by atoms with Crippen LogP contribution in [0.3, 0.4) is 0 Å². The van der Waals surface area contributed by atoms with Crippen LogP contribution in [0.4, 0.5) is 11.4 Å². The van der Waals surface area contributed by atoms with Crippen molar-refractivity contribution in [1.82, 2.24) is 0 Å². The first-order chi connectivity index (χ1) is 15.1. The first-order valence-electron chi connectivity index (χ1n) is 10.3. The Balaban J connectivity index is 1.81. The van der Waals surface area contributed by atoms with Crippen LogP contribution >= 0.6 is 0 Å². The van der Waals surface area contributed by atoms with Crippen LogP contribution in [0, 0.1) is 13.8 Å². The summed E-state index contributed by atoms with van der Waals surface area (Å²) >= 11 is 0. The Morgan fingerprint density at radius 2 is 1.06 bits per heavy atom. The van der Waals surface area contributed by atoms with Gasteiger partial charge in [0.25, 0.3) is 0 Å². The van der Waals surface area contributed by atoms with Crippen LogP contribution in [-0.4, -0.2) is 115 Å². The molecule has 0 amide bonds. The molecule has 32 heavy (non-hydrogen) atoms. The van der Waals surface area contributed by atoms with E-state index in [9.17, 15) is 30.6 Å². The minimum Gasteiger partial charge on any atom is -0.394 e. The Bertz CT molecular complexity index is 720. The van der Waals surface area contributed by atoms with Crippen molar-refractivity contribution in [3.8, 4) is 0 Å². The van der Waals surface area contributed by atoms with Crippen molar-refractivity contribution >= 4 is 11.4 Å². The maximum absolute atomic E-state index is 10.3. The second-order valence-corrected chi connectivity index (χ2v) is 8.28.